The van der Waals surface area contributed by atoms with Crippen LogP contribution in [-0.4, -0.2) is 63.1 Å². The highest BCUT2D eigenvalue weighted by Crippen LogP contribution is 2.37. The number of carbonyl (C=O) groups is 1. The third-order valence-electron chi connectivity index (χ3n) is 6.81. The van der Waals surface area contributed by atoms with E-state index in [1.165, 1.54) is 9.30 Å². The van der Waals surface area contributed by atoms with Crippen LogP contribution in [0.15, 0.2) is 28.0 Å². The van der Waals surface area contributed by atoms with E-state index >= 15 is 0 Å². The van der Waals surface area contributed by atoms with Crippen LogP contribution in [0.3, 0.4) is 0 Å². The highest BCUT2D eigenvalue weighted by molar-refractivity contribution is 8.26. The number of sulfone groups is 1. The van der Waals surface area contributed by atoms with Gasteiger partial charge in [0.2, 0.25) is 0 Å². The van der Waals surface area contributed by atoms with Crippen molar-refractivity contribution >= 4 is 61.6 Å². The van der Waals surface area contributed by atoms with Crippen LogP contribution >= 0.6 is 24.0 Å². The maximum Gasteiger partial charge on any atom is 0.267 e. The Balaban J connectivity index is 1.62. The lowest BCUT2D eigenvalue weighted by atomic mass is 10.0. The van der Waals surface area contributed by atoms with Gasteiger partial charge in [-0.25, -0.2) is 13.4 Å². The van der Waals surface area contributed by atoms with Crippen LogP contribution in [0.5, 0.6) is 0 Å². The van der Waals surface area contributed by atoms with E-state index in [0.29, 0.717) is 32.7 Å². The van der Waals surface area contributed by atoms with Gasteiger partial charge in [0, 0.05) is 18.8 Å². The normalized spacial score (nSPS) is 26.2. The number of piperidine rings is 1. The lowest BCUT2D eigenvalue weighted by Gasteiger charge is -2.35. The summed E-state index contributed by atoms with van der Waals surface area (Å²) in [5, 5.41) is 0. The largest absolute Gasteiger partial charge is 0.353 e. The van der Waals surface area contributed by atoms with Crippen LogP contribution in [0.1, 0.15) is 43.7 Å². The molecular formula is C23H26N4O4S3. The molecule has 0 aromatic carbocycles. The molecular weight excluding hydrogens is 492 g/mol. The second-order valence-electron chi connectivity index (χ2n) is 9.19. The summed E-state index contributed by atoms with van der Waals surface area (Å²) < 4.78 is 25.8. The number of carbonyl (C=O) groups excluding carboxylic acids is 1. The Morgan fingerprint density at radius 3 is 2.74 bits per heavy atom. The Morgan fingerprint density at radius 2 is 2.03 bits per heavy atom. The van der Waals surface area contributed by atoms with Gasteiger partial charge in [0.15, 0.2) is 9.84 Å². The quantitative estimate of drug-likeness (QED) is 0.453. The molecule has 1 amide bonds. The highest BCUT2D eigenvalue weighted by atomic mass is 32.2. The molecule has 2 aromatic rings. The first-order chi connectivity index (χ1) is 16.2. The van der Waals surface area contributed by atoms with Crippen LogP contribution < -0.4 is 10.5 Å². The molecule has 3 saturated heterocycles. The van der Waals surface area contributed by atoms with E-state index in [1.54, 1.807) is 18.3 Å². The van der Waals surface area contributed by atoms with E-state index in [4.69, 9.17) is 17.2 Å². The van der Waals surface area contributed by atoms with Gasteiger partial charge in [-0.1, -0.05) is 30.0 Å². The lowest BCUT2D eigenvalue weighted by Crippen LogP contribution is -2.40. The highest BCUT2D eigenvalue weighted by Gasteiger charge is 2.42. The fourth-order valence-corrected chi connectivity index (χ4v) is 8.05. The predicted octanol–water partition coefficient (Wildman–Crippen LogP) is 2.77. The summed E-state index contributed by atoms with van der Waals surface area (Å²) in [4.78, 5) is 35.8. The molecule has 0 spiro atoms. The van der Waals surface area contributed by atoms with Gasteiger partial charge in [-0.05, 0) is 57.2 Å². The molecule has 3 fully saturated rings. The smallest absolute Gasteiger partial charge is 0.267 e. The van der Waals surface area contributed by atoms with E-state index in [-0.39, 0.29) is 29.0 Å². The molecule has 5 rings (SSSR count). The van der Waals surface area contributed by atoms with Crippen molar-refractivity contribution in [2.75, 3.05) is 23.0 Å². The zero-order valence-corrected chi connectivity index (χ0v) is 21.5. The molecule has 11 heteroatoms. The van der Waals surface area contributed by atoms with Gasteiger partial charge in [0.05, 0.1) is 28.0 Å². The summed E-state index contributed by atoms with van der Waals surface area (Å²) in [6.45, 7) is 4.84. The molecule has 3 aliphatic heterocycles. The minimum atomic E-state index is -3.17. The maximum absolute atomic E-state index is 13.7. The number of hydrogen-bond acceptors (Lipinski definition) is 8. The lowest BCUT2D eigenvalue weighted by molar-refractivity contribution is -0.123. The van der Waals surface area contributed by atoms with Crippen LogP contribution in [0.25, 0.3) is 11.7 Å². The number of amides is 1. The molecule has 180 valence electrons. The number of hydrogen-bond donors (Lipinski definition) is 0. The van der Waals surface area contributed by atoms with E-state index in [1.807, 2.05) is 13.0 Å². The Bertz CT molecular complexity index is 1400. The number of pyridine rings is 1. The summed E-state index contributed by atoms with van der Waals surface area (Å²) in [5.74, 6) is 0.215. The first kappa shape index (κ1) is 23.5. The van der Waals surface area contributed by atoms with E-state index in [2.05, 4.69) is 11.8 Å². The van der Waals surface area contributed by atoms with Crippen LogP contribution in [0.4, 0.5) is 5.82 Å². The summed E-state index contributed by atoms with van der Waals surface area (Å²) in [6.07, 6.45) is 6.81. The molecule has 0 aliphatic carbocycles. The third-order valence-corrected chi connectivity index (χ3v) is 9.89. The number of anilines is 1. The molecule has 0 N–H and O–H groups in total. The van der Waals surface area contributed by atoms with Crippen molar-refractivity contribution in [3.05, 3.63) is 44.7 Å². The minimum absolute atomic E-state index is 0.0556. The fourth-order valence-electron chi connectivity index (χ4n) is 4.96. The van der Waals surface area contributed by atoms with Gasteiger partial charge in [-0.15, -0.1) is 0 Å². The van der Waals surface area contributed by atoms with Crippen molar-refractivity contribution in [3.63, 3.8) is 0 Å². The van der Waals surface area contributed by atoms with Crippen molar-refractivity contribution in [2.45, 2.75) is 51.6 Å². The van der Waals surface area contributed by atoms with Crippen LogP contribution in [0, 0.1) is 6.92 Å². The van der Waals surface area contributed by atoms with E-state index < -0.39 is 15.9 Å². The topological polar surface area (TPSA) is 92.1 Å². The average Bonchev–Trinajstić information content (AvgIpc) is 3.28. The molecule has 5 heterocycles. The molecule has 0 saturated carbocycles. The summed E-state index contributed by atoms with van der Waals surface area (Å²) in [5.41, 5.74) is 1.61. The molecule has 0 radical (unpaired) electrons. The molecule has 0 bridgehead atoms. The van der Waals surface area contributed by atoms with Gasteiger partial charge in [-0.2, -0.15) is 0 Å². The van der Waals surface area contributed by atoms with Crippen molar-refractivity contribution < 1.29 is 13.2 Å². The van der Waals surface area contributed by atoms with Crippen LogP contribution in [0.2, 0.25) is 0 Å². The first-order valence-corrected chi connectivity index (χ1v) is 14.5. The van der Waals surface area contributed by atoms with E-state index in [9.17, 15) is 18.0 Å². The minimum Gasteiger partial charge on any atom is -0.353 e. The number of aromatic nitrogens is 2. The number of nitrogens with zero attached hydrogens (tertiary/aromatic N) is 4. The van der Waals surface area contributed by atoms with Gasteiger partial charge in [0.25, 0.3) is 11.5 Å². The molecule has 3 aliphatic rings. The van der Waals surface area contributed by atoms with Crippen LogP contribution in [-0.2, 0) is 14.6 Å². The second-order valence-corrected chi connectivity index (χ2v) is 13.1. The zero-order chi connectivity index (χ0) is 24.2. The standard InChI is InChI=1S/C23H26N4O4S3/c1-14-6-5-10-26-19(14)24-20(25-9-4-3-7-15(25)2)17(21(26)28)12-18-22(29)27(23(32)33-18)16-8-11-34(30,31)13-16/h5-6,10,12,15-16H,3-4,7-9,11,13H2,1-2H3. The summed E-state index contributed by atoms with van der Waals surface area (Å²) >= 11 is 6.57. The van der Waals surface area contributed by atoms with E-state index in [0.717, 1.165) is 43.1 Å². The maximum atomic E-state index is 13.7. The molecule has 2 atom stereocenters. The number of fused-ring (bicyclic) bond motifs is 1. The molecule has 2 unspecified atom stereocenters. The predicted molar refractivity (Wildman–Crippen MR) is 139 cm³/mol. The Labute approximate surface area is 207 Å². The second kappa shape index (κ2) is 8.76. The van der Waals surface area contributed by atoms with Crippen molar-refractivity contribution in [3.8, 4) is 0 Å². The van der Waals surface area contributed by atoms with Crippen molar-refractivity contribution in [2.24, 2.45) is 0 Å². The average molecular weight is 519 g/mol. The number of aryl methyl sites for hydroxylation is 1. The van der Waals surface area contributed by atoms with Crippen molar-refractivity contribution in [1.29, 1.82) is 0 Å². The molecule has 8 nitrogen and oxygen atoms in total. The number of thioether (sulfide) groups is 1. The third kappa shape index (κ3) is 4.07. The number of rotatable bonds is 3. The van der Waals surface area contributed by atoms with Gasteiger partial charge < -0.3 is 4.90 Å². The first-order valence-electron chi connectivity index (χ1n) is 11.4. The fraction of sp³-hybridized carbons (Fsp3) is 0.478. The zero-order valence-electron chi connectivity index (χ0n) is 19.1. The van der Waals surface area contributed by atoms with Gasteiger partial charge in [-0.3, -0.25) is 18.9 Å². The van der Waals surface area contributed by atoms with Crippen molar-refractivity contribution in [1.82, 2.24) is 14.3 Å². The van der Waals surface area contributed by atoms with Gasteiger partial charge >= 0.3 is 0 Å². The monoisotopic (exact) mass is 518 g/mol. The Hall–Kier alpha value is -2.24. The number of thiocarbonyl (C=S) groups is 1. The molecule has 2 aromatic heterocycles. The van der Waals surface area contributed by atoms with Gasteiger partial charge in [0.1, 0.15) is 15.8 Å². The molecule has 34 heavy (non-hydrogen) atoms. The Kier molecular flexibility index (Phi) is 6.06. The SMILES string of the molecule is Cc1cccn2c(=O)c(C=C3SC(=S)N(C4CCS(=O)(=O)C4)C3=O)c(N3CCCCC3C)nc12. The summed E-state index contributed by atoms with van der Waals surface area (Å²) in [7, 11) is -3.17. The summed E-state index contributed by atoms with van der Waals surface area (Å²) in [6, 6.07) is 3.49. The Morgan fingerprint density at radius 1 is 1.24 bits per heavy atom.